The van der Waals surface area contributed by atoms with E-state index in [9.17, 15) is 4.79 Å². The summed E-state index contributed by atoms with van der Waals surface area (Å²) < 4.78 is 0. The Morgan fingerprint density at radius 3 is 2.60 bits per heavy atom. The van der Waals surface area contributed by atoms with Crippen molar-refractivity contribution in [1.82, 2.24) is 15.5 Å². The molecule has 2 N–H and O–H groups in total. The third kappa shape index (κ3) is 2.43. The molecule has 0 spiro atoms. The molecular formula is C15H16ClN3O. The van der Waals surface area contributed by atoms with Gasteiger partial charge >= 0.3 is 0 Å². The van der Waals surface area contributed by atoms with E-state index in [-0.39, 0.29) is 11.3 Å². The minimum absolute atomic E-state index is 0.0558. The average Bonchev–Trinajstić information content (AvgIpc) is 2.93. The van der Waals surface area contributed by atoms with Crippen molar-refractivity contribution in [3.63, 3.8) is 0 Å². The van der Waals surface area contributed by atoms with Crippen molar-refractivity contribution < 1.29 is 4.79 Å². The van der Waals surface area contributed by atoms with Gasteiger partial charge < -0.3 is 5.32 Å². The molecule has 1 aliphatic carbocycles. The van der Waals surface area contributed by atoms with E-state index >= 15 is 0 Å². The van der Waals surface area contributed by atoms with E-state index in [1.54, 1.807) is 12.3 Å². The van der Waals surface area contributed by atoms with Crippen molar-refractivity contribution in [1.29, 1.82) is 0 Å². The van der Waals surface area contributed by atoms with Gasteiger partial charge in [0.2, 0.25) is 0 Å². The highest BCUT2D eigenvalue weighted by molar-refractivity contribution is 6.30. The van der Waals surface area contributed by atoms with Crippen LogP contribution in [0.4, 0.5) is 0 Å². The molecule has 1 heterocycles. The lowest BCUT2D eigenvalue weighted by Gasteiger charge is -2.42. The second-order valence-electron chi connectivity index (χ2n) is 5.29. The number of hydrogen-bond donors (Lipinski definition) is 2. The standard InChI is InChI=1S/C15H16ClN3O/c16-12-4-2-11(3-5-12)15(7-1-8-15)10-17-14(20)13-6-9-18-19-13/h2-6,9H,1,7-8,10H2,(H,17,20)(H,18,19). The van der Waals surface area contributed by atoms with Gasteiger partial charge in [-0.1, -0.05) is 30.2 Å². The first kappa shape index (κ1) is 13.2. The highest BCUT2D eigenvalue weighted by Gasteiger charge is 2.38. The van der Waals surface area contributed by atoms with Crippen molar-refractivity contribution in [2.45, 2.75) is 24.7 Å². The molecule has 0 bridgehead atoms. The molecule has 0 saturated heterocycles. The van der Waals surface area contributed by atoms with Crippen LogP contribution in [0.3, 0.4) is 0 Å². The van der Waals surface area contributed by atoms with Gasteiger partial charge in [0.05, 0.1) is 0 Å². The predicted molar refractivity (Wildman–Crippen MR) is 77.9 cm³/mol. The largest absolute Gasteiger partial charge is 0.350 e. The fraction of sp³-hybridized carbons (Fsp3) is 0.333. The molecule has 4 nitrogen and oxygen atoms in total. The SMILES string of the molecule is O=C(NCC1(c2ccc(Cl)cc2)CCC1)c1ccn[nH]1. The second kappa shape index (κ2) is 5.29. The van der Waals surface area contributed by atoms with Crippen molar-refractivity contribution in [2.24, 2.45) is 0 Å². The zero-order valence-corrected chi connectivity index (χ0v) is 11.8. The molecule has 1 amide bonds. The van der Waals surface area contributed by atoms with Crippen LogP contribution < -0.4 is 5.32 Å². The van der Waals surface area contributed by atoms with Gasteiger partial charge in [-0.15, -0.1) is 0 Å². The number of H-pyrrole nitrogens is 1. The highest BCUT2D eigenvalue weighted by atomic mass is 35.5. The van der Waals surface area contributed by atoms with Gasteiger partial charge in [0.15, 0.2) is 0 Å². The third-order valence-electron chi connectivity index (χ3n) is 4.10. The number of halogens is 1. The number of nitrogens with one attached hydrogen (secondary N) is 2. The minimum Gasteiger partial charge on any atom is -0.350 e. The summed E-state index contributed by atoms with van der Waals surface area (Å²) in [5.41, 5.74) is 1.80. The molecular weight excluding hydrogens is 274 g/mol. The van der Waals surface area contributed by atoms with Crippen LogP contribution in [0.15, 0.2) is 36.5 Å². The monoisotopic (exact) mass is 289 g/mol. The zero-order valence-electron chi connectivity index (χ0n) is 11.0. The maximum Gasteiger partial charge on any atom is 0.269 e. The lowest BCUT2D eigenvalue weighted by Crippen LogP contribution is -2.45. The smallest absolute Gasteiger partial charge is 0.269 e. The number of carbonyl (C=O) groups excluding carboxylic acids is 1. The summed E-state index contributed by atoms with van der Waals surface area (Å²) in [4.78, 5) is 12.0. The summed E-state index contributed by atoms with van der Waals surface area (Å²) in [6.45, 7) is 0.645. The quantitative estimate of drug-likeness (QED) is 0.909. The van der Waals surface area contributed by atoms with Gasteiger partial charge in [-0.25, -0.2) is 0 Å². The summed E-state index contributed by atoms with van der Waals surface area (Å²) in [5.74, 6) is -0.109. The normalized spacial score (nSPS) is 16.4. The van der Waals surface area contributed by atoms with Crippen molar-refractivity contribution in [2.75, 3.05) is 6.54 Å². The summed E-state index contributed by atoms with van der Waals surface area (Å²) in [6, 6.07) is 9.61. The van der Waals surface area contributed by atoms with Gasteiger partial charge in [-0.3, -0.25) is 9.89 Å². The Hall–Kier alpha value is -1.81. The molecule has 0 atom stereocenters. The Labute approximate surface area is 122 Å². The number of carbonyl (C=O) groups is 1. The number of rotatable bonds is 4. The molecule has 2 aromatic rings. The van der Waals surface area contributed by atoms with E-state index in [0.29, 0.717) is 12.2 Å². The minimum atomic E-state index is -0.109. The van der Waals surface area contributed by atoms with E-state index < -0.39 is 0 Å². The van der Waals surface area contributed by atoms with E-state index in [0.717, 1.165) is 17.9 Å². The van der Waals surface area contributed by atoms with Crippen molar-refractivity contribution in [3.8, 4) is 0 Å². The molecule has 104 valence electrons. The molecule has 1 aromatic heterocycles. The van der Waals surface area contributed by atoms with Gasteiger partial charge in [0.1, 0.15) is 5.69 Å². The van der Waals surface area contributed by atoms with Crippen LogP contribution in [0.25, 0.3) is 0 Å². The first-order valence-electron chi connectivity index (χ1n) is 6.73. The third-order valence-corrected chi connectivity index (χ3v) is 4.35. The number of hydrogen-bond acceptors (Lipinski definition) is 2. The van der Waals surface area contributed by atoms with Gasteiger partial charge in [0, 0.05) is 23.2 Å². The van der Waals surface area contributed by atoms with Gasteiger partial charge in [-0.05, 0) is 36.6 Å². The van der Waals surface area contributed by atoms with Crippen LogP contribution in [0, 0.1) is 0 Å². The maximum atomic E-state index is 12.0. The van der Waals surface area contributed by atoms with E-state index in [1.807, 2.05) is 12.1 Å². The first-order chi connectivity index (χ1) is 9.70. The van der Waals surface area contributed by atoms with Crippen LogP contribution in [-0.2, 0) is 5.41 Å². The maximum absolute atomic E-state index is 12.0. The lowest BCUT2D eigenvalue weighted by atomic mass is 9.64. The summed E-state index contributed by atoms with van der Waals surface area (Å²) in [5, 5.41) is 10.2. The Morgan fingerprint density at radius 2 is 2.05 bits per heavy atom. The molecule has 3 rings (SSSR count). The molecule has 1 saturated carbocycles. The lowest BCUT2D eigenvalue weighted by molar-refractivity contribution is 0.0923. The Bertz CT molecular complexity index is 588. The van der Waals surface area contributed by atoms with Gasteiger partial charge in [-0.2, -0.15) is 5.10 Å². The zero-order chi connectivity index (χ0) is 14.0. The number of amides is 1. The fourth-order valence-electron chi connectivity index (χ4n) is 2.70. The van der Waals surface area contributed by atoms with Crippen molar-refractivity contribution in [3.05, 3.63) is 52.8 Å². The summed E-state index contributed by atoms with van der Waals surface area (Å²) in [6.07, 6.45) is 4.96. The Morgan fingerprint density at radius 1 is 1.30 bits per heavy atom. The topological polar surface area (TPSA) is 57.8 Å². The number of benzene rings is 1. The number of nitrogens with zero attached hydrogens (tertiary/aromatic N) is 1. The van der Waals surface area contributed by atoms with E-state index in [1.165, 1.54) is 12.0 Å². The average molecular weight is 290 g/mol. The van der Waals surface area contributed by atoms with Crippen LogP contribution in [0.5, 0.6) is 0 Å². The van der Waals surface area contributed by atoms with Crippen LogP contribution in [0.2, 0.25) is 5.02 Å². The Kier molecular flexibility index (Phi) is 3.49. The van der Waals surface area contributed by atoms with E-state index in [2.05, 4.69) is 27.6 Å². The number of aromatic amines is 1. The summed E-state index contributed by atoms with van der Waals surface area (Å²) >= 11 is 5.94. The Balaban J connectivity index is 1.70. The molecule has 1 fully saturated rings. The first-order valence-corrected chi connectivity index (χ1v) is 7.11. The molecule has 1 aliphatic rings. The number of aromatic nitrogens is 2. The van der Waals surface area contributed by atoms with Crippen LogP contribution in [0.1, 0.15) is 35.3 Å². The molecule has 20 heavy (non-hydrogen) atoms. The highest BCUT2D eigenvalue weighted by Crippen LogP contribution is 2.43. The molecule has 5 heteroatoms. The molecule has 0 unspecified atom stereocenters. The molecule has 0 radical (unpaired) electrons. The van der Waals surface area contributed by atoms with Gasteiger partial charge in [0.25, 0.3) is 5.91 Å². The molecule has 1 aromatic carbocycles. The fourth-order valence-corrected chi connectivity index (χ4v) is 2.83. The van der Waals surface area contributed by atoms with E-state index in [4.69, 9.17) is 11.6 Å². The molecule has 0 aliphatic heterocycles. The second-order valence-corrected chi connectivity index (χ2v) is 5.73. The van der Waals surface area contributed by atoms with Crippen LogP contribution >= 0.6 is 11.6 Å². The summed E-state index contributed by atoms with van der Waals surface area (Å²) in [7, 11) is 0. The predicted octanol–water partition coefficient (Wildman–Crippen LogP) is 2.91. The van der Waals surface area contributed by atoms with Crippen molar-refractivity contribution >= 4 is 17.5 Å². The van der Waals surface area contributed by atoms with Crippen LogP contribution in [-0.4, -0.2) is 22.6 Å².